The zero-order chi connectivity index (χ0) is 8.97. The fourth-order valence-electron chi connectivity index (χ4n) is 1.66. The van der Waals surface area contributed by atoms with Crippen molar-refractivity contribution in [2.24, 2.45) is 0 Å². The maximum absolute atomic E-state index is 5.62. The number of likely N-dealkylation sites (N-methyl/N-ethyl adjacent to an activating group) is 1. The monoisotopic (exact) mass is 173 g/mol. The highest BCUT2D eigenvalue weighted by Crippen LogP contribution is 2.19. The third-order valence-electron chi connectivity index (χ3n) is 2.38. The number of ether oxygens (including phenoxy) is 2. The highest BCUT2D eigenvalue weighted by molar-refractivity contribution is 4.78. The van der Waals surface area contributed by atoms with Crippen molar-refractivity contribution in [2.75, 3.05) is 13.7 Å². The normalized spacial score (nSPS) is 36.8. The van der Waals surface area contributed by atoms with Gasteiger partial charge in [-0.25, -0.2) is 0 Å². The van der Waals surface area contributed by atoms with Crippen LogP contribution >= 0.6 is 0 Å². The summed E-state index contributed by atoms with van der Waals surface area (Å²) in [6.45, 7) is 5.23. The van der Waals surface area contributed by atoms with Crippen LogP contribution in [0.2, 0.25) is 0 Å². The van der Waals surface area contributed by atoms with Crippen LogP contribution in [0.25, 0.3) is 0 Å². The Morgan fingerprint density at radius 1 is 1.50 bits per heavy atom. The highest BCUT2D eigenvalue weighted by atomic mass is 16.7. The Balaban J connectivity index is 2.31. The summed E-state index contributed by atoms with van der Waals surface area (Å²) in [6.07, 6.45) is 2.42. The van der Waals surface area contributed by atoms with Gasteiger partial charge in [0, 0.05) is 13.2 Å². The van der Waals surface area contributed by atoms with E-state index < -0.39 is 0 Å². The lowest BCUT2D eigenvalue weighted by Gasteiger charge is -2.34. The summed E-state index contributed by atoms with van der Waals surface area (Å²) in [5.74, 6) is 0. The molecule has 1 aliphatic heterocycles. The van der Waals surface area contributed by atoms with Crippen molar-refractivity contribution in [1.29, 1.82) is 0 Å². The Hall–Kier alpha value is -0.120. The standard InChI is InChI=1S/C9H19NO2/c1-4-10-8-5-6-9(11-3)12-7(8)2/h7-10H,4-6H2,1-3H3. The van der Waals surface area contributed by atoms with Crippen molar-refractivity contribution < 1.29 is 9.47 Å². The summed E-state index contributed by atoms with van der Waals surface area (Å²) in [5, 5.41) is 3.40. The van der Waals surface area contributed by atoms with Crippen molar-refractivity contribution >= 4 is 0 Å². The topological polar surface area (TPSA) is 30.5 Å². The predicted octanol–water partition coefficient (Wildman–Crippen LogP) is 1.14. The van der Waals surface area contributed by atoms with E-state index in [2.05, 4.69) is 19.2 Å². The quantitative estimate of drug-likeness (QED) is 0.694. The third kappa shape index (κ3) is 2.44. The van der Waals surface area contributed by atoms with E-state index in [1.54, 1.807) is 7.11 Å². The van der Waals surface area contributed by atoms with E-state index in [1.807, 2.05) is 0 Å². The predicted molar refractivity (Wildman–Crippen MR) is 48.0 cm³/mol. The summed E-state index contributed by atoms with van der Waals surface area (Å²) < 4.78 is 10.8. The van der Waals surface area contributed by atoms with Gasteiger partial charge in [-0.15, -0.1) is 0 Å². The minimum atomic E-state index is 0.00917. The van der Waals surface area contributed by atoms with Crippen LogP contribution in [0.3, 0.4) is 0 Å². The molecule has 0 saturated carbocycles. The van der Waals surface area contributed by atoms with E-state index in [1.165, 1.54) is 0 Å². The molecule has 0 aromatic rings. The number of hydrogen-bond donors (Lipinski definition) is 1. The molecule has 0 aromatic carbocycles. The van der Waals surface area contributed by atoms with Crippen molar-refractivity contribution in [3.05, 3.63) is 0 Å². The molecule has 12 heavy (non-hydrogen) atoms. The van der Waals surface area contributed by atoms with Gasteiger partial charge in [-0.3, -0.25) is 0 Å². The van der Waals surface area contributed by atoms with Gasteiger partial charge in [-0.2, -0.15) is 0 Å². The van der Waals surface area contributed by atoms with Crippen LogP contribution in [-0.2, 0) is 9.47 Å². The molecule has 0 radical (unpaired) electrons. The fraction of sp³-hybridized carbons (Fsp3) is 1.00. The molecular weight excluding hydrogens is 154 g/mol. The van der Waals surface area contributed by atoms with Gasteiger partial charge in [0.15, 0.2) is 6.29 Å². The van der Waals surface area contributed by atoms with Crippen LogP contribution in [0, 0.1) is 0 Å². The molecule has 0 bridgehead atoms. The summed E-state index contributed by atoms with van der Waals surface area (Å²) in [6, 6.07) is 0.501. The molecule has 3 unspecified atom stereocenters. The Morgan fingerprint density at radius 2 is 2.25 bits per heavy atom. The number of methoxy groups -OCH3 is 1. The second-order valence-corrected chi connectivity index (χ2v) is 3.25. The van der Waals surface area contributed by atoms with Gasteiger partial charge in [0.1, 0.15) is 0 Å². The summed E-state index contributed by atoms with van der Waals surface area (Å²) >= 11 is 0. The molecule has 0 aliphatic carbocycles. The lowest BCUT2D eigenvalue weighted by molar-refractivity contribution is -0.183. The number of nitrogens with one attached hydrogen (secondary N) is 1. The molecule has 3 heteroatoms. The Bertz CT molecular complexity index is 130. The highest BCUT2D eigenvalue weighted by Gasteiger charge is 2.26. The van der Waals surface area contributed by atoms with Gasteiger partial charge in [0.05, 0.1) is 6.10 Å². The molecule has 0 amide bonds. The maximum atomic E-state index is 5.62. The Labute approximate surface area is 74.4 Å². The van der Waals surface area contributed by atoms with Crippen LogP contribution in [-0.4, -0.2) is 32.1 Å². The zero-order valence-corrected chi connectivity index (χ0v) is 8.17. The van der Waals surface area contributed by atoms with Gasteiger partial charge >= 0.3 is 0 Å². The van der Waals surface area contributed by atoms with Crippen molar-refractivity contribution in [2.45, 2.75) is 45.1 Å². The van der Waals surface area contributed by atoms with Crippen LogP contribution in [0.5, 0.6) is 0 Å². The van der Waals surface area contributed by atoms with E-state index in [4.69, 9.17) is 9.47 Å². The Morgan fingerprint density at radius 3 is 2.75 bits per heavy atom. The van der Waals surface area contributed by atoms with Crippen molar-refractivity contribution in [3.8, 4) is 0 Å². The summed E-state index contributed by atoms with van der Waals surface area (Å²) in [5.41, 5.74) is 0. The molecule has 1 fully saturated rings. The van der Waals surface area contributed by atoms with Crippen molar-refractivity contribution in [1.82, 2.24) is 5.32 Å². The molecule has 0 spiro atoms. The van der Waals surface area contributed by atoms with Crippen LogP contribution in [0.15, 0.2) is 0 Å². The van der Waals surface area contributed by atoms with Gasteiger partial charge in [0.2, 0.25) is 0 Å². The molecule has 1 saturated heterocycles. The molecule has 1 N–H and O–H groups in total. The molecule has 3 atom stereocenters. The molecule has 1 aliphatic rings. The lowest BCUT2D eigenvalue weighted by Crippen LogP contribution is -2.46. The van der Waals surface area contributed by atoms with E-state index in [-0.39, 0.29) is 12.4 Å². The second kappa shape index (κ2) is 4.80. The fourth-order valence-corrected chi connectivity index (χ4v) is 1.66. The average Bonchev–Trinajstić information content (AvgIpc) is 2.09. The van der Waals surface area contributed by atoms with E-state index in [0.29, 0.717) is 6.04 Å². The van der Waals surface area contributed by atoms with Crippen LogP contribution < -0.4 is 5.32 Å². The van der Waals surface area contributed by atoms with Crippen molar-refractivity contribution in [3.63, 3.8) is 0 Å². The van der Waals surface area contributed by atoms with Crippen LogP contribution in [0.1, 0.15) is 26.7 Å². The molecule has 1 rings (SSSR count). The minimum absolute atomic E-state index is 0.00917. The summed E-state index contributed by atoms with van der Waals surface area (Å²) in [7, 11) is 1.70. The van der Waals surface area contributed by atoms with E-state index >= 15 is 0 Å². The first kappa shape index (κ1) is 9.96. The smallest absolute Gasteiger partial charge is 0.157 e. The van der Waals surface area contributed by atoms with Gasteiger partial charge in [0.25, 0.3) is 0 Å². The Kier molecular flexibility index (Phi) is 3.98. The number of hydrogen-bond acceptors (Lipinski definition) is 3. The lowest BCUT2D eigenvalue weighted by atomic mass is 10.0. The maximum Gasteiger partial charge on any atom is 0.157 e. The SMILES string of the molecule is CCNC1CCC(OC)OC1C. The molecule has 72 valence electrons. The van der Waals surface area contributed by atoms with E-state index in [9.17, 15) is 0 Å². The largest absolute Gasteiger partial charge is 0.356 e. The van der Waals surface area contributed by atoms with Gasteiger partial charge < -0.3 is 14.8 Å². The first-order valence-corrected chi connectivity index (χ1v) is 4.69. The first-order chi connectivity index (χ1) is 5.77. The zero-order valence-electron chi connectivity index (χ0n) is 8.17. The molecule has 0 aromatic heterocycles. The molecule has 1 heterocycles. The van der Waals surface area contributed by atoms with Gasteiger partial charge in [-0.05, 0) is 26.3 Å². The minimum Gasteiger partial charge on any atom is -0.356 e. The van der Waals surface area contributed by atoms with Gasteiger partial charge in [-0.1, -0.05) is 6.92 Å². The number of rotatable bonds is 3. The second-order valence-electron chi connectivity index (χ2n) is 3.25. The van der Waals surface area contributed by atoms with E-state index in [0.717, 1.165) is 19.4 Å². The molecular formula is C9H19NO2. The first-order valence-electron chi connectivity index (χ1n) is 4.69. The third-order valence-corrected chi connectivity index (χ3v) is 2.38. The average molecular weight is 173 g/mol. The molecule has 3 nitrogen and oxygen atoms in total. The summed E-state index contributed by atoms with van der Waals surface area (Å²) in [4.78, 5) is 0. The van der Waals surface area contributed by atoms with Crippen LogP contribution in [0.4, 0.5) is 0 Å².